The van der Waals surface area contributed by atoms with Crippen LogP contribution in [0, 0.1) is 5.92 Å². The minimum absolute atomic E-state index is 0.0242. The lowest BCUT2D eigenvalue weighted by atomic mass is 9.76. The van der Waals surface area contributed by atoms with Crippen molar-refractivity contribution in [1.82, 2.24) is 5.32 Å². The molecule has 4 aromatic carbocycles. The first-order valence-corrected chi connectivity index (χ1v) is 11.9. The Morgan fingerprint density at radius 3 is 1.46 bits per heavy atom. The molecule has 176 valence electrons. The van der Waals surface area contributed by atoms with Crippen LogP contribution in [0.1, 0.15) is 35.1 Å². The highest BCUT2D eigenvalue weighted by atomic mass is 16.2. The molecule has 0 aliphatic rings. The van der Waals surface area contributed by atoms with Crippen LogP contribution in [0.25, 0.3) is 0 Å². The van der Waals surface area contributed by atoms with Gasteiger partial charge in [-0.05, 0) is 35.1 Å². The van der Waals surface area contributed by atoms with E-state index in [4.69, 9.17) is 5.73 Å². The molecule has 0 radical (unpaired) electrons. The minimum atomic E-state index is -0.914. The van der Waals surface area contributed by atoms with E-state index in [1.165, 1.54) is 0 Å². The second-order valence-electron chi connectivity index (χ2n) is 8.72. The van der Waals surface area contributed by atoms with Gasteiger partial charge in [0.1, 0.15) is 5.54 Å². The van der Waals surface area contributed by atoms with Gasteiger partial charge in [0, 0.05) is 12.3 Å². The maximum absolute atomic E-state index is 13.6. The molecule has 2 amide bonds. The highest BCUT2D eigenvalue weighted by Gasteiger charge is 2.38. The second kappa shape index (κ2) is 11.3. The average molecular weight is 463 g/mol. The monoisotopic (exact) mass is 462 g/mol. The zero-order valence-corrected chi connectivity index (χ0v) is 19.6. The van der Waals surface area contributed by atoms with Crippen molar-refractivity contribution >= 4 is 11.8 Å². The first kappa shape index (κ1) is 24.0. The summed E-state index contributed by atoms with van der Waals surface area (Å²) in [5.41, 5.74) is 8.74. The molecule has 35 heavy (non-hydrogen) atoms. The van der Waals surface area contributed by atoms with E-state index in [1.807, 2.05) is 121 Å². The van der Waals surface area contributed by atoms with Gasteiger partial charge in [-0.15, -0.1) is 0 Å². The lowest BCUT2D eigenvalue weighted by molar-refractivity contribution is -0.129. The van der Waals surface area contributed by atoms with E-state index in [-0.39, 0.29) is 12.3 Å². The highest BCUT2D eigenvalue weighted by Crippen LogP contribution is 2.37. The Kier molecular flexibility index (Phi) is 7.74. The van der Waals surface area contributed by atoms with Gasteiger partial charge in [0.15, 0.2) is 0 Å². The Balaban J connectivity index is 1.67. The molecule has 4 nitrogen and oxygen atoms in total. The lowest BCUT2D eigenvalue weighted by Crippen LogP contribution is -2.48. The molecule has 0 heterocycles. The van der Waals surface area contributed by atoms with Gasteiger partial charge in [-0.1, -0.05) is 121 Å². The van der Waals surface area contributed by atoms with Gasteiger partial charge < -0.3 is 11.1 Å². The predicted molar refractivity (Wildman–Crippen MR) is 139 cm³/mol. The third-order valence-corrected chi connectivity index (χ3v) is 6.41. The Morgan fingerprint density at radius 2 is 1.06 bits per heavy atom. The highest BCUT2D eigenvalue weighted by molar-refractivity contribution is 5.86. The molecule has 0 bridgehead atoms. The third-order valence-electron chi connectivity index (χ3n) is 6.41. The summed E-state index contributed by atoms with van der Waals surface area (Å²) in [5.74, 6) is -1.24. The number of rotatable bonds is 10. The molecule has 0 aromatic heterocycles. The van der Waals surface area contributed by atoms with Crippen molar-refractivity contribution in [3.8, 4) is 0 Å². The average Bonchev–Trinajstić information content (AvgIpc) is 2.91. The summed E-state index contributed by atoms with van der Waals surface area (Å²) >= 11 is 0. The summed E-state index contributed by atoms with van der Waals surface area (Å²) in [5, 5.41) is 3.32. The molecule has 0 saturated heterocycles. The van der Waals surface area contributed by atoms with Crippen molar-refractivity contribution < 1.29 is 9.59 Å². The van der Waals surface area contributed by atoms with E-state index in [0.717, 1.165) is 22.3 Å². The summed E-state index contributed by atoms with van der Waals surface area (Å²) in [6, 6.07) is 39.7. The SMILES string of the molecule is NC(=O)C(CCc1ccccc1)CC(=O)NC(c1ccccc1)(c1ccccc1)c1ccccc1. The van der Waals surface area contributed by atoms with Crippen LogP contribution >= 0.6 is 0 Å². The molecule has 0 spiro atoms. The number of carbonyl (C=O) groups is 2. The van der Waals surface area contributed by atoms with E-state index in [1.54, 1.807) is 0 Å². The van der Waals surface area contributed by atoms with Gasteiger partial charge >= 0.3 is 0 Å². The Bertz CT molecular complexity index is 1130. The van der Waals surface area contributed by atoms with E-state index in [9.17, 15) is 9.59 Å². The van der Waals surface area contributed by atoms with Gasteiger partial charge in [0.05, 0.1) is 0 Å². The fourth-order valence-electron chi connectivity index (χ4n) is 4.60. The summed E-state index contributed by atoms with van der Waals surface area (Å²) in [6.07, 6.45) is 1.22. The first-order valence-electron chi connectivity index (χ1n) is 11.9. The summed E-state index contributed by atoms with van der Waals surface area (Å²) in [6.45, 7) is 0. The van der Waals surface area contributed by atoms with Crippen molar-refractivity contribution in [2.75, 3.05) is 0 Å². The molecule has 0 saturated carbocycles. The predicted octanol–water partition coefficient (Wildman–Crippen LogP) is 5.22. The number of carbonyl (C=O) groups excluding carboxylic acids is 2. The molecule has 0 aliphatic heterocycles. The quantitative estimate of drug-likeness (QED) is 0.317. The van der Waals surface area contributed by atoms with Crippen molar-refractivity contribution in [2.45, 2.75) is 24.8 Å². The summed E-state index contributed by atoms with van der Waals surface area (Å²) in [4.78, 5) is 25.9. The van der Waals surface area contributed by atoms with Gasteiger partial charge in [-0.3, -0.25) is 9.59 Å². The number of hydrogen-bond donors (Lipinski definition) is 2. The molecule has 1 atom stereocenters. The van der Waals surface area contributed by atoms with E-state index < -0.39 is 17.4 Å². The molecular weight excluding hydrogens is 432 g/mol. The van der Waals surface area contributed by atoms with Crippen LogP contribution in [-0.4, -0.2) is 11.8 Å². The Morgan fingerprint density at radius 1 is 0.657 bits per heavy atom. The lowest BCUT2D eigenvalue weighted by Gasteiger charge is -2.37. The zero-order valence-electron chi connectivity index (χ0n) is 19.6. The molecular formula is C31H30N2O2. The fourth-order valence-corrected chi connectivity index (χ4v) is 4.60. The zero-order chi connectivity index (χ0) is 24.5. The molecule has 4 heteroatoms. The van der Waals surface area contributed by atoms with Crippen LogP contribution in [0.3, 0.4) is 0 Å². The van der Waals surface area contributed by atoms with Crippen LogP contribution < -0.4 is 11.1 Å². The van der Waals surface area contributed by atoms with Crippen LogP contribution in [0.5, 0.6) is 0 Å². The van der Waals surface area contributed by atoms with Crippen molar-refractivity contribution in [3.63, 3.8) is 0 Å². The number of primary amides is 1. The first-order chi connectivity index (χ1) is 17.1. The molecule has 4 rings (SSSR count). The smallest absolute Gasteiger partial charge is 0.222 e. The topological polar surface area (TPSA) is 72.2 Å². The number of aryl methyl sites for hydroxylation is 1. The van der Waals surface area contributed by atoms with Gasteiger partial charge in [-0.2, -0.15) is 0 Å². The maximum atomic E-state index is 13.6. The van der Waals surface area contributed by atoms with Crippen LogP contribution in [0.2, 0.25) is 0 Å². The third kappa shape index (κ3) is 5.67. The largest absolute Gasteiger partial charge is 0.369 e. The fraction of sp³-hybridized carbons (Fsp3) is 0.161. The second-order valence-corrected chi connectivity index (χ2v) is 8.72. The normalized spacial score (nSPS) is 12.0. The Hall–Kier alpha value is -4.18. The number of amides is 2. The summed E-state index contributed by atoms with van der Waals surface area (Å²) in [7, 11) is 0. The molecule has 1 unspecified atom stereocenters. The van der Waals surface area contributed by atoms with Crippen LogP contribution in [0.15, 0.2) is 121 Å². The van der Waals surface area contributed by atoms with Crippen LogP contribution in [-0.2, 0) is 21.5 Å². The minimum Gasteiger partial charge on any atom is -0.369 e. The van der Waals surface area contributed by atoms with E-state index in [2.05, 4.69) is 5.32 Å². The van der Waals surface area contributed by atoms with Gasteiger partial charge in [-0.25, -0.2) is 0 Å². The molecule has 0 aliphatic carbocycles. The molecule has 0 fully saturated rings. The molecule has 4 aromatic rings. The van der Waals surface area contributed by atoms with Gasteiger partial charge in [0.25, 0.3) is 0 Å². The van der Waals surface area contributed by atoms with E-state index in [0.29, 0.717) is 12.8 Å². The van der Waals surface area contributed by atoms with Crippen LogP contribution in [0.4, 0.5) is 0 Å². The summed E-state index contributed by atoms with van der Waals surface area (Å²) < 4.78 is 0. The standard InChI is InChI=1S/C31H30N2O2/c32-30(35)25(22-21-24-13-5-1-6-14-24)23-29(34)33-31(26-15-7-2-8-16-26,27-17-9-3-10-18-27)28-19-11-4-12-20-28/h1-20,25H,21-23H2,(H2,32,35)(H,33,34). The number of nitrogens with one attached hydrogen (secondary N) is 1. The maximum Gasteiger partial charge on any atom is 0.222 e. The number of benzene rings is 4. The van der Waals surface area contributed by atoms with Crippen molar-refractivity contribution in [1.29, 1.82) is 0 Å². The van der Waals surface area contributed by atoms with Crippen molar-refractivity contribution in [3.05, 3.63) is 144 Å². The number of nitrogens with two attached hydrogens (primary N) is 1. The van der Waals surface area contributed by atoms with E-state index >= 15 is 0 Å². The molecule has 3 N–H and O–H groups in total. The Labute approximate surface area is 206 Å². The van der Waals surface area contributed by atoms with Gasteiger partial charge in [0.2, 0.25) is 11.8 Å². The van der Waals surface area contributed by atoms with Crippen molar-refractivity contribution in [2.24, 2.45) is 11.7 Å². The number of hydrogen-bond acceptors (Lipinski definition) is 2.